The molecule has 8 heteroatoms. The van der Waals surface area contributed by atoms with Gasteiger partial charge in [0.1, 0.15) is 17.0 Å². The van der Waals surface area contributed by atoms with Crippen LogP contribution in [0.4, 0.5) is 5.69 Å². The van der Waals surface area contributed by atoms with Crippen LogP contribution in [-0.4, -0.2) is 27.7 Å². The van der Waals surface area contributed by atoms with Gasteiger partial charge >= 0.3 is 0 Å². The minimum Gasteiger partial charge on any atom is -0.507 e. The van der Waals surface area contributed by atoms with Gasteiger partial charge in [-0.15, -0.1) is 0 Å². The lowest BCUT2D eigenvalue weighted by molar-refractivity contribution is 0.0977. The Balaban J connectivity index is 1.48. The molecule has 0 unspecified atom stereocenters. The standard InChI is InChI=1S/C25H23N3O4S/c1-3-12-31-18-10-8-16(9-11-18)23(30)28-25(33)26-17-13-15(2)22(29)19(14-17)24-27-20-6-4-5-7-21(20)32-24/h4-11,13-14,29H,3,12H2,1-2H3,(H2,26,28,30,33). The summed E-state index contributed by atoms with van der Waals surface area (Å²) in [6.07, 6.45) is 0.910. The van der Waals surface area contributed by atoms with Gasteiger partial charge in [-0.2, -0.15) is 0 Å². The van der Waals surface area contributed by atoms with Crippen molar-refractivity contribution in [3.63, 3.8) is 0 Å². The monoisotopic (exact) mass is 461 g/mol. The van der Waals surface area contributed by atoms with E-state index >= 15 is 0 Å². The number of nitrogens with one attached hydrogen (secondary N) is 2. The number of benzene rings is 3. The summed E-state index contributed by atoms with van der Waals surface area (Å²) < 4.78 is 11.3. The number of thiocarbonyl (C=S) groups is 1. The number of phenols is 1. The first-order valence-electron chi connectivity index (χ1n) is 10.5. The van der Waals surface area contributed by atoms with Gasteiger partial charge in [-0.3, -0.25) is 10.1 Å². The van der Waals surface area contributed by atoms with Crippen molar-refractivity contribution in [2.45, 2.75) is 20.3 Å². The zero-order valence-corrected chi connectivity index (χ0v) is 19.0. The molecule has 0 aliphatic carbocycles. The molecule has 1 amide bonds. The first kappa shape index (κ1) is 22.3. The number of fused-ring (bicyclic) bond motifs is 1. The summed E-state index contributed by atoms with van der Waals surface area (Å²) >= 11 is 5.31. The van der Waals surface area contributed by atoms with Gasteiger partial charge in [0.15, 0.2) is 10.7 Å². The van der Waals surface area contributed by atoms with Gasteiger partial charge in [0.2, 0.25) is 5.89 Å². The highest BCUT2D eigenvalue weighted by Gasteiger charge is 2.16. The number of aromatic hydroxyl groups is 1. The molecule has 0 saturated heterocycles. The van der Waals surface area contributed by atoms with Crippen LogP contribution in [0.25, 0.3) is 22.6 Å². The van der Waals surface area contributed by atoms with E-state index in [2.05, 4.69) is 15.6 Å². The summed E-state index contributed by atoms with van der Waals surface area (Å²) in [5.74, 6) is 0.720. The Labute approximate surface area is 196 Å². The number of aromatic nitrogens is 1. The van der Waals surface area contributed by atoms with Crippen LogP contribution in [0.2, 0.25) is 0 Å². The van der Waals surface area contributed by atoms with E-state index in [1.165, 1.54) is 0 Å². The molecule has 3 N–H and O–H groups in total. The van der Waals surface area contributed by atoms with Crippen molar-refractivity contribution < 1.29 is 19.1 Å². The van der Waals surface area contributed by atoms with E-state index in [1.807, 2.05) is 31.2 Å². The molecule has 0 saturated carbocycles. The van der Waals surface area contributed by atoms with Crippen molar-refractivity contribution in [2.24, 2.45) is 0 Å². The average Bonchev–Trinajstić information content (AvgIpc) is 3.24. The number of rotatable bonds is 6. The lowest BCUT2D eigenvalue weighted by Gasteiger charge is -2.13. The molecule has 0 radical (unpaired) electrons. The maximum absolute atomic E-state index is 12.5. The number of hydrogen-bond donors (Lipinski definition) is 3. The van der Waals surface area contributed by atoms with Gasteiger partial charge in [0, 0.05) is 11.3 Å². The SMILES string of the molecule is CCCOc1ccc(C(=O)NC(=S)Nc2cc(C)c(O)c(-c3nc4ccccc4o3)c2)cc1. The summed E-state index contributed by atoms with van der Waals surface area (Å²) in [5.41, 5.74) is 3.38. The predicted molar refractivity (Wildman–Crippen MR) is 132 cm³/mol. The number of phenolic OH excluding ortho intramolecular Hbond substituents is 1. The average molecular weight is 462 g/mol. The maximum Gasteiger partial charge on any atom is 0.257 e. The Hall–Kier alpha value is -3.91. The third-order valence-electron chi connectivity index (χ3n) is 4.90. The van der Waals surface area contributed by atoms with Crippen LogP contribution in [0.1, 0.15) is 29.3 Å². The molecule has 4 aromatic rings. The number of amides is 1. The Morgan fingerprint density at radius 3 is 2.64 bits per heavy atom. The quantitative estimate of drug-likeness (QED) is 0.260. The van der Waals surface area contributed by atoms with Crippen molar-refractivity contribution in [1.82, 2.24) is 10.3 Å². The van der Waals surface area contributed by atoms with Crippen LogP contribution in [0.15, 0.2) is 65.1 Å². The molecule has 7 nitrogen and oxygen atoms in total. The van der Waals surface area contributed by atoms with Crippen LogP contribution < -0.4 is 15.4 Å². The van der Waals surface area contributed by atoms with E-state index in [0.717, 1.165) is 6.42 Å². The summed E-state index contributed by atoms with van der Waals surface area (Å²) in [4.78, 5) is 17.0. The van der Waals surface area contributed by atoms with E-state index < -0.39 is 0 Å². The topological polar surface area (TPSA) is 96.6 Å². The van der Waals surface area contributed by atoms with E-state index in [9.17, 15) is 9.90 Å². The number of anilines is 1. The zero-order chi connectivity index (χ0) is 23.4. The summed E-state index contributed by atoms with van der Waals surface area (Å²) in [6.45, 7) is 4.41. The number of ether oxygens (including phenoxy) is 1. The van der Waals surface area contributed by atoms with E-state index in [1.54, 1.807) is 43.3 Å². The number of hydrogen-bond acceptors (Lipinski definition) is 6. The minimum absolute atomic E-state index is 0.0624. The smallest absolute Gasteiger partial charge is 0.257 e. The molecule has 1 aromatic heterocycles. The van der Waals surface area contributed by atoms with Gasteiger partial charge in [0.05, 0.1) is 12.2 Å². The van der Waals surface area contributed by atoms with Crippen molar-refractivity contribution in [3.05, 3.63) is 71.8 Å². The second-order valence-corrected chi connectivity index (χ2v) is 7.87. The highest BCUT2D eigenvalue weighted by atomic mass is 32.1. The maximum atomic E-state index is 12.5. The fourth-order valence-electron chi connectivity index (χ4n) is 3.26. The van der Waals surface area contributed by atoms with Crippen molar-refractivity contribution in [3.8, 4) is 23.0 Å². The molecule has 168 valence electrons. The third-order valence-corrected chi connectivity index (χ3v) is 5.10. The fourth-order valence-corrected chi connectivity index (χ4v) is 3.47. The van der Waals surface area contributed by atoms with Crippen LogP contribution in [0.3, 0.4) is 0 Å². The van der Waals surface area contributed by atoms with Gasteiger partial charge in [-0.05, 0) is 79.7 Å². The lowest BCUT2D eigenvalue weighted by Crippen LogP contribution is -2.34. The molecule has 0 atom stereocenters. The molecule has 0 spiro atoms. The molecular weight excluding hydrogens is 438 g/mol. The number of oxazole rings is 1. The molecule has 0 aliphatic heterocycles. The number of nitrogens with zero attached hydrogens (tertiary/aromatic N) is 1. The molecule has 0 fully saturated rings. The first-order valence-corrected chi connectivity index (χ1v) is 10.9. The third kappa shape index (κ3) is 5.12. The van der Waals surface area contributed by atoms with E-state index in [-0.39, 0.29) is 16.8 Å². The van der Waals surface area contributed by atoms with Gasteiger partial charge in [0.25, 0.3) is 5.91 Å². The number of para-hydroxylation sites is 2. The number of aryl methyl sites for hydroxylation is 1. The Bertz CT molecular complexity index is 1280. The van der Waals surface area contributed by atoms with E-state index in [0.29, 0.717) is 51.7 Å². The summed E-state index contributed by atoms with van der Waals surface area (Å²) in [7, 11) is 0. The lowest BCUT2D eigenvalue weighted by atomic mass is 10.1. The minimum atomic E-state index is -0.343. The predicted octanol–water partition coefficient (Wildman–Crippen LogP) is 5.42. The number of carbonyl (C=O) groups is 1. The van der Waals surface area contributed by atoms with Crippen LogP contribution in [0, 0.1) is 6.92 Å². The normalized spacial score (nSPS) is 10.7. The second kappa shape index (κ2) is 9.70. The summed E-state index contributed by atoms with van der Waals surface area (Å²) in [6, 6.07) is 17.6. The Kier molecular flexibility index (Phi) is 6.55. The zero-order valence-electron chi connectivity index (χ0n) is 18.2. The molecule has 4 rings (SSSR count). The highest BCUT2D eigenvalue weighted by Crippen LogP contribution is 2.36. The van der Waals surface area contributed by atoms with Crippen LogP contribution >= 0.6 is 12.2 Å². The molecule has 1 heterocycles. The van der Waals surface area contributed by atoms with E-state index in [4.69, 9.17) is 21.4 Å². The van der Waals surface area contributed by atoms with Crippen molar-refractivity contribution in [1.29, 1.82) is 0 Å². The van der Waals surface area contributed by atoms with Crippen LogP contribution in [0.5, 0.6) is 11.5 Å². The molecular formula is C25H23N3O4S. The Morgan fingerprint density at radius 1 is 1.15 bits per heavy atom. The molecule has 3 aromatic carbocycles. The molecule has 0 bridgehead atoms. The van der Waals surface area contributed by atoms with Gasteiger partial charge in [-0.25, -0.2) is 4.98 Å². The van der Waals surface area contributed by atoms with Gasteiger partial charge in [-0.1, -0.05) is 19.1 Å². The second-order valence-electron chi connectivity index (χ2n) is 7.46. The fraction of sp³-hybridized carbons (Fsp3) is 0.160. The first-order chi connectivity index (χ1) is 15.9. The largest absolute Gasteiger partial charge is 0.507 e. The Morgan fingerprint density at radius 2 is 1.91 bits per heavy atom. The van der Waals surface area contributed by atoms with Crippen molar-refractivity contribution >= 4 is 40.0 Å². The summed E-state index contributed by atoms with van der Waals surface area (Å²) in [5, 5.41) is 16.3. The highest BCUT2D eigenvalue weighted by molar-refractivity contribution is 7.80. The molecule has 0 aliphatic rings. The van der Waals surface area contributed by atoms with Gasteiger partial charge < -0.3 is 19.6 Å². The van der Waals surface area contributed by atoms with Crippen LogP contribution in [-0.2, 0) is 0 Å². The molecule has 33 heavy (non-hydrogen) atoms. The van der Waals surface area contributed by atoms with Crippen molar-refractivity contribution in [2.75, 3.05) is 11.9 Å². The number of carbonyl (C=O) groups excluding carboxylic acids is 1.